The zero-order chi connectivity index (χ0) is 54.1. The fourth-order valence-electron chi connectivity index (χ4n) is 8.54. The van der Waals surface area contributed by atoms with Gasteiger partial charge in [-0.25, -0.2) is 9.59 Å². The number of cyclic esters (lactones) is 1. The first-order chi connectivity index (χ1) is 33.7. The molecule has 0 spiro atoms. The van der Waals surface area contributed by atoms with Gasteiger partial charge in [-0.1, -0.05) is 75.2 Å². The Morgan fingerprint density at radius 2 is 1.61 bits per heavy atom. The van der Waals surface area contributed by atoms with E-state index in [4.69, 9.17) is 49.5 Å². The van der Waals surface area contributed by atoms with Crippen LogP contribution in [0.5, 0.6) is 11.5 Å². The number of phenolic OH excluding ortho intramolecular Hbond substituents is 2. The van der Waals surface area contributed by atoms with Crippen LogP contribution in [0.1, 0.15) is 111 Å². The Labute approximate surface area is 434 Å². The van der Waals surface area contributed by atoms with E-state index in [2.05, 4.69) is 15.9 Å². The largest absolute Gasteiger partial charge is 0.505 e. The average Bonchev–Trinajstić information content (AvgIpc) is 3.32. The molecule has 18 nitrogen and oxygen atoms in total. The van der Waals surface area contributed by atoms with E-state index in [9.17, 15) is 49.8 Å². The fourth-order valence-corrected chi connectivity index (χ4v) is 9.52. The van der Waals surface area contributed by atoms with Crippen molar-refractivity contribution in [1.82, 2.24) is 0 Å². The van der Waals surface area contributed by atoms with Crippen LogP contribution in [0, 0.1) is 11.8 Å². The number of carbonyl (C=O) groups is 4. The lowest BCUT2D eigenvalue weighted by molar-refractivity contribution is -0.333. The molecule has 2 saturated heterocycles. The van der Waals surface area contributed by atoms with Crippen molar-refractivity contribution in [2.24, 2.45) is 11.8 Å². The number of methoxy groups -OCH3 is 1. The van der Waals surface area contributed by atoms with Gasteiger partial charge in [0.1, 0.15) is 40.6 Å². The molecule has 2 fully saturated rings. The predicted molar refractivity (Wildman–Crippen MR) is 267 cm³/mol. The number of esters is 3. The highest BCUT2D eigenvalue weighted by atomic mass is 79.9. The van der Waals surface area contributed by atoms with Gasteiger partial charge in [-0.15, -0.1) is 0 Å². The fraction of sp³-hybridized carbons (Fsp3) is 0.615. The van der Waals surface area contributed by atoms with E-state index in [1.165, 1.54) is 33.1 Å². The number of benzene rings is 1. The molecule has 1 aromatic rings. The monoisotopic (exact) mass is 1100 g/mol. The molecular formula is C52H72BrClO18. The third kappa shape index (κ3) is 14.6. The van der Waals surface area contributed by atoms with Crippen LogP contribution in [0.25, 0.3) is 0 Å². The zero-order valence-corrected chi connectivity index (χ0v) is 45.3. The van der Waals surface area contributed by atoms with Gasteiger partial charge in [0.2, 0.25) is 0 Å². The van der Waals surface area contributed by atoms with Crippen LogP contribution >= 0.6 is 27.5 Å². The van der Waals surface area contributed by atoms with Crippen LogP contribution in [0.15, 0.2) is 63.2 Å². The highest BCUT2D eigenvalue weighted by molar-refractivity contribution is 9.10. The number of Topliss-reactive ketones (excluding diaryl/α,β-unsaturated/α-hetero) is 1. The van der Waals surface area contributed by atoms with E-state index < -0.39 is 138 Å². The van der Waals surface area contributed by atoms with Gasteiger partial charge in [-0.2, -0.15) is 0 Å². The molecule has 72 heavy (non-hydrogen) atoms. The topological polar surface area (TPSA) is 263 Å². The van der Waals surface area contributed by atoms with Gasteiger partial charge in [0.05, 0.1) is 40.9 Å². The van der Waals surface area contributed by atoms with Crippen molar-refractivity contribution in [3.05, 3.63) is 79.4 Å². The van der Waals surface area contributed by atoms with Crippen molar-refractivity contribution in [2.45, 2.75) is 181 Å². The lowest BCUT2D eigenvalue weighted by Crippen LogP contribution is -2.64. The molecule has 20 heteroatoms. The number of ketones is 1. The summed E-state index contributed by atoms with van der Waals surface area (Å²) in [5, 5.41) is 66.0. The van der Waals surface area contributed by atoms with Gasteiger partial charge in [-0.3, -0.25) is 9.59 Å². The molecule has 1 aromatic carbocycles. The van der Waals surface area contributed by atoms with Gasteiger partial charge in [0.15, 0.2) is 48.2 Å². The first-order valence-electron chi connectivity index (χ1n) is 24.0. The number of allylic oxidation sites excluding steroid dienone is 4. The Morgan fingerprint density at radius 3 is 2.21 bits per heavy atom. The molecule has 13 atom stereocenters. The Kier molecular flexibility index (Phi) is 22.3. The smallest absolute Gasteiger partial charge is 0.342 e. The van der Waals surface area contributed by atoms with Crippen molar-refractivity contribution in [3.8, 4) is 11.5 Å². The maximum absolute atomic E-state index is 13.9. The summed E-state index contributed by atoms with van der Waals surface area (Å²) in [5.74, 6) is -5.07. The minimum Gasteiger partial charge on any atom is -0.505 e. The number of phenols is 2. The van der Waals surface area contributed by atoms with Gasteiger partial charge >= 0.3 is 17.9 Å². The van der Waals surface area contributed by atoms with Crippen LogP contribution in [-0.4, -0.2) is 147 Å². The Balaban J connectivity index is 1.61. The first kappa shape index (κ1) is 60.6. The van der Waals surface area contributed by atoms with Gasteiger partial charge in [0, 0.05) is 19.4 Å². The number of hydrogen-bond acceptors (Lipinski definition) is 18. The molecule has 13 unspecified atom stereocenters. The van der Waals surface area contributed by atoms with Crippen molar-refractivity contribution in [1.29, 1.82) is 0 Å². The number of ether oxygens (including phenoxy) is 8. The van der Waals surface area contributed by atoms with E-state index in [0.717, 1.165) is 0 Å². The molecule has 0 radical (unpaired) electrons. The summed E-state index contributed by atoms with van der Waals surface area (Å²) < 4.78 is 47.5. The number of aliphatic hydroxyl groups excluding tert-OH is 4. The van der Waals surface area contributed by atoms with E-state index in [1.54, 1.807) is 60.6 Å². The van der Waals surface area contributed by atoms with Crippen LogP contribution in [-0.2, 0) is 58.7 Å². The molecule has 3 aliphatic rings. The van der Waals surface area contributed by atoms with Crippen molar-refractivity contribution < 1.29 is 87.7 Å². The molecule has 0 aromatic heterocycles. The van der Waals surface area contributed by atoms with E-state index in [-0.39, 0.29) is 40.4 Å². The van der Waals surface area contributed by atoms with Crippen LogP contribution in [0.3, 0.4) is 0 Å². The zero-order valence-electron chi connectivity index (χ0n) is 42.9. The Hall–Kier alpha value is -3.99. The molecule has 402 valence electrons. The Bertz CT molecular complexity index is 2270. The van der Waals surface area contributed by atoms with Gasteiger partial charge < -0.3 is 68.5 Å². The minimum absolute atomic E-state index is 0.0258. The summed E-state index contributed by atoms with van der Waals surface area (Å²) in [4.78, 5) is 53.0. The second-order valence-corrected chi connectivity index (χ2v) is 20.4. The highest BCUT2D eigenvalue weighted by Crippen LogP contribution is 2.45. The quantitative estimate of drug-likeness (QED) is 0.0695. The number of halogens is 2. The van der Waals surface area contributed by atoms with Crippen molar-refractivity contribution in [2.75, 3.05) is 13.7 Å². The summed E-state index contributed by atoms with van der Waals surface area (Å²) in [6.07, 6.45) is -4.69. The van der Waals surface area contributed by atoms with E-state index in [0.29, 0.717) is 23.1 Å². The second-order valence-electron chi connectivity index (χ2n) is 19.2. The summed E-state index contributed by atoms with van der Waals surface area (Å²) in [5.41, 5.74) is 0.441. The lowest BCUT2D eigenvalue weighted by Gasteiger charge is -2.47. The number of aromatic hydroxyl groups is 2. The standard InChI is InChI=1S/C52H72BrClO18/c1-13-30-22-26(6)33(56)18-16-15-17-31(23-66-51-45(65-12)42(61)44(29(9)67-51)69-49(64)35-32(14-2)36(53)39(58)37(54)38(35)57)48(63)68-34(28(8)55)20-19-25(5)21-27(7)43(30)70-50-41(60)40(59)46(52(10,11)72-50)71-47(62)24(3)4/h15-17,19,21-22,24,29-30,33-34,40-46,50-51,56-61H,13-14,18,20,23H2,1-12H3. The molecule has 0 aliphatic carbocycles. The predicted octanol–water partition coefficient (Wildman–Crippen LogP) is 6.55. The van der Waals surface area contributed by atoms with Crippen LogP contribution in [0.2, 0.25) is 5.02 Å². The van der Waals surface area contributed by atoms with E-state index in [1.807, 2.05) is 26.0 Å². The summed E-state index contributed by atoms with van der Waals surface area (Å²) >= 11 is 9.29. The minimum atomic E-state index is -1.61. The number of hydrogen-bond donors (Lipinski definition) is 6. The molecule has 3 heterocycles. The van der Waals surface area contributed by atoms with Crippen molar-refractivity contribution >= 4 is 51.2 Å². The maximum atomic E-state index is 13.9. The van der Waals surface area contributed by atoms with Gasteiger partial charge in [-0.05, 0) is 106 Å². The maximum Gasteiger partial charge on any atom is 0.342 e. The second kappa shape index (κ2) is 26.5. The summed E-state index contributed by atoms with van der Waals surface area (Å²) in [7, 11) is 1.26. The molecule has 0 amide bonds. The van der Waals surface area contributed by atoms with Crippen LogP contribution < -0.4 is 0 Å². The van der Waals surface area contributed by atoms with Crippen molar-refractivity contribution in [3.63, 3.8) is 0 Å². The molecule has 0 saturated carbocycles. The lowest BCUT2D eigenvalue weighted by atomic mass is 9.88. The van der Waals surface area contributed by atoms with E-state index >= 15 is 0 Å². The number of aliphatic hydroxyl groups is 4. The third-order valence-corrected chi connectivity index (χ3v) is 14.1. The highest BCUT2D eigenvalue weighted by Gasteiger charge is 2.53. The normalized spacial score (nSPS) is 31.0. The first-order valence-corrected chi connectivity index (χ1v) is 25.2. The Morgan fingerprint density at radius 1 is 0.944 bits per heavy atom. The average molecular weight is 1100 g/mol. The third-order valence-electron chi connectivity index (χ3n) is 12.9. The molecular weight excluding hydrogens is 1030 g/mol. The number of carbonyl (C=O) groups excluding carboxylic acids is 4. The number of rotatable bonds is 13. The molecule has 0 bridgehead atoms. The molecule has 4 rings (SSSR count). The summed E-state index contributed by atoms with van der Waals surface area (Å²) in [6, 6.07) is 0. The SMILES string of the molecule is CCc1c(Br)c(O)c(Cl)c(O)c1C(=O)OC1C(C)OC(OCC2=CC=CCC(O)C(C)=CC(CC)C(OC3OC(C)(C)C(OC(=O)C(C)C)C(O)C3O)C(C)=CC(C)=CCC(C(C)=O)OC2=O)C(OC)C1O. The van der Waals surface area contributed by atoms with Gasteiger partial charge in [0.25, 0.3) is 0 Å². The van der Waals surface area contributed by atoms with Crippen LogP contribution in [0.4, 0.5) is 0 Å². The molecule has 6 N–H and O–H groups in total. The molecule has 3 aliphatic heterocycles. The summed E-state index contributed by atoms with van der Waals surface area (Å²) in [6.45, 7) is 17.8.